The van der Waals surface area contributed by atoms with Crippen molar-refractivity contribution < 1.29 is 37.7 Å². The van der Waals surface area contributed by atoms with Crippen LogP contribution in [0.5, 0.6) is 0 Å². The van der Waals surface area contributed by atoms with Gasteiger partial charge in [-0.2, -0.15) is 14.4 Å². The molecular weight excluding hydrogens is 553 g/mol. The fraction of sp³-hybridized carbons (Fsp3) is 0.600. The number of rotatable bonds is 9. The van der Waals surface area contributed by atoms with Crippen LogP contribution in [0.1, 0.15) is 26.0 Å². The Labute approximate surface area is 189 Å². The zero-order valence-corrected chi connectivity index (χ0v) is 19.3. The largest absolute Gasteiger partial charge is 0.463 e. The number of imidazole rings is 1. The lowest BCUT2D eigenvalue weighted by Crippen LogP contribution is -2.28. The van der Waals surface area contributed by atoms with Crippen molar-refractivity contribution in [3.05, 3.63) is 12.4 Å². The summed E-state index contributed by atoms with van der Waals surface area (Å²) in [5.41, 5.74) is 5.82. The summed E-state index contributed by atoms with van der Waals surface area (Å²) in [4.78, 5) is 32.2. The van der Waals surface area contributed by atoms with E-state index >= 15 is 0 Å². The number of esters is 1. The summed E-state index contributed by atoms with van der Waals surface area (Å²) in [5.74, 6) is -0.589. The zero-order chi connectivity index (χ0) is 22.8. The number of nitrogens with zero attached hydrogens (tertiary/aromatic N) is 4. The third-order valence-electron chi connectivity index (χ3n) is 4.28. The zero-order valence-electron chi connectivity index (χ0n) is 16.2. The summed E-state index contributed by atoms with van der Waals surface area (Å²) in [7, 11) is -4.24. The molecule has 1 aliphatic rings. The maximum atomic E-state index is 13.5. The number of hydrogen-bond donors (Lipinski definition) is 4. The van der Waals surface area contributed by atoms with Gasteiger partial charge in [0, 0.05) is 12.8 Å². The van der Waals surface area contributed by atoms with Gasteiger partial charge in [-0.05, 0) is 0 Å². The van der Waals surface area contributed by atoms with Crippen LogP contribution in [0.25, 0.3) is 11.2 Å². The maximum absolute atomic E-state index is 13.5. The number of nitrogens with two attached hydrogens (primary N) is 1. The number of fused-ring (bicyclic) bond motifs is 1. The fourth-order valence-electron chi connectivity index (χ4n) is 2.89. The summed E-state index contributed by atoms with van der Waals surface area (Å²) in [6, 6.07) is 0. The second-order valence-electron chi connectivity index (χ2n) is 6.60. The second kappa shape index (κ2) is 9.97. The Morgan fingerprint density at radius 2 is 2.32 bits per heavy atom. The Balaban J connectivity index is 1.58. The molecule has 2 aromatic rings. The Kier molecular flexibility index (Phi) is 7.77. The molecule has 1 unspecified atom stereocenters. The van der Waals surface area contributed by atoms with E-state index < -0.39 is 42.3 Å². The van der Waals surface area contributed by atoms with Crippen LogP contribution in [0.3, 0.4) is 0 Å². The average molecular weight is 574 g/mol. The van der Waals surface area contributed by atoms with Gasteiger partial charge in [0.25, 0.3) is 0 Å². The molecule has 0 aliphatic carbocycles. The van der Waals surface area contributed by atoms with Gasteiger partial charge in [-0.1, -0.05) is 29.5 Å². The molecule has 1 aliphatic heterocycles. The van der Waals surface area contributed by atoms with E-state index in [-0.39, 0.29) is 43.0 Å². The van der Waals surface area contributed by atoms with Crippen molar-refractivity contribution in [3.8, 4) is 0 Å². The van der Waals surface area contributed by atoms with Gasteiger partial charge in [0.2, 0.25) is 0 Å². The van der Waals surface area contributed by atoms with E-state index in [2.05, 4.69) is 20.0 Å². The molecule has 1 fully saturated rings. The number of nitrogen functional groups attached to an aromatic ring is 1. The number of hydrogen-bond acceptors (Lipinski definition) is 10. The highest BCUT2D eigenvalue weighted by Gasteiger charge is 2.38. The van der Waals surface area contributed by atoms with Gasteiger partial charge < -0.3 is 25.2 Å². The number of anilines is 1. The Morgan fingerprint density at radius 3 is 3.03 bits per heavy atom. The molecule has 0 spiro atoms. The number of aliphatic hydroxyl groups is 1. The van der Waals surface area contributed by atoms with Gasteiger partial charge in [0.05, 0.1) is 19.0 Å². The number of nitrogens with one attached hydrogen (secondary N) is 1. The van der Waals surface area contributed by atoms with Gasteiger partial charge in [0.15, 0.2) is 23.2 Å². The number of aromatic nitrogens is 4. The van der Waals surface area contributed by atoms with Crippen LogP contribution >= 0.6 is 30.3 Å². The van der Waals surface area contributed by atoms with E-state index in [4.69, 9.17) is 19.7 Å². The molecule has 0 radical (unpaired) electrons. The van der Waals surface area contributed by atoms with Gasteiger partial charge in [0.1, 0.15) is 16.8 Å². The number of alkyl halides is 1. The minimum Gasteiger partial charge on any atom is -0.463 e. The molecule has 172 valence electrons. The lowest BCUT2D eigenvalue weighted by atomic mass is 10.2. The molecule has 5 N–H and O–H groups in total. The SMILES string of the molecule is CCC(=O)OC[C@H](I)NP(=O)(O)OC[C@@H]1C[C@H](O)[C@H](n2cnc3c(N)nc(F)nc32)O1. The van der Waals surface area contributed by atoms with Crippen molar-refractivity contribution in [3.63, 3.8) is 0 Å². The molecule has 31 heavy (non-hydrogen) atoms. The van der Waals surface area contributed by atoms with E-state index in [0.29, 0.717) is 0 Å². The number of carbonyl (C=O) groups excluding carboxylic acids is 1. The molecule has 0 amide bonds. The van der Waals surface area contributed by atoms with Crippen LogP contribution in [-0.4, -0.2) is 65.0 Å². The molecule has 3 heterocycles. The smallest absolute Gasteiger partial charge is 0.404 e. The molecular formula is C15H21FIN6O7P. The molecule has 13 nitrogen and oxygen atoms in total. The van der Waals surface area contributed by atoms with E-state index in [1.165, 1.54) is 10.9 Å². The first-order valence-corrected chi connectivity index (χ1v) is 12.0. The molecule has 16 heteroatoms. The summed E-state index contributed by atoms with van der Waals surface area (Å²) < 4.78 is 42.0. The van der Waals surface area contributed by atoms with Gasteiger partial charge in [-0.3, -0.25) is 13.9 Å². The molecule has 0 aromatic carbocycles. The first-order valence-electron chi connectivity index (χ1n) is 9.13. The van der Waals surface area contributed by atoms with Gasteiger partial charge >= 0.3 is 19.8 Å². The van der Waals surface area contributed by atoms with Crippen molar-refractivity contribution in [1.82, 2.24) is 24.6 Å². The van der Waals surface area contributed by atoms with Crippen molar-refractivity contribution in [2.24, 2.45) is 0 Å². The topological polar surface area (TPSA) is 184 Å². The minimum absolute atomic E-state index is 0.0412. The van der Waals surface area contributed by atoms with Crippen molar-refractivity contribution in [2.75, 3.05) is 18.9 Å². The van der Waals surface area contributed by atoms with E-state index in [9.17, 15) is 23.7 Å². The van der Waals surface area contributed by atoms with Crippen molar-refractivity contribution >= 4 is 53.3 Å². The van der Waals surface area contributed by atoms with Crippen LogP contribution < -0.4 is 10.8 Å². The summed E-state index contributed by atoms with van der Waals surface area (Å²) in [6.07, 6.45) is -2.26. The third kappa shape index (κ3) is 6.06. The lowest BCUT2D eigenvalue weighted by molar-refractivity contribution is -0.143. The average Bonchev–Trinajstić information content (AvgIpc) is 3.27. The van der Waals surface area contributed by atoms with Gasteiger partial charge in [-0.25, -0.2) is 14.6 Å². The molecule has 2 aromatic heterocycles. The van der Waals surface area contributed by atoms with Crippen LogP contribution in [0, 0.1) is 6.08 Å². The number of aliphatic hydroxyl groups excluding tert-OH is 1. The maximum Gasteiger partial charge on any atom is 0.404 e. The molecule has 1 saturated heterocycles. The number of halogens is 2. The van der Waals surface area contributed by atoms with Crippen molar-refractivity contribution in [2.45, 2.75) is 42.2 Å². The van der Waals surface area contributed by atoms with E-state index in [0.717, 1.165) is 0 Å². The Morgan fingerprint density at radius 1 is 1.58 bits per heavy atom. The predicted octanol–water partition coefficient (Wildman–Crippen LogP) is 0.617. The standard InChI is InChI=1S/C15H21FIN6O7P/c1-2-10(25)28-5-9(17)22-31(26,27)29-4-7-3-8(24)14(30-7)23-6-19-11-12(18)20-15(16)21-13(11)23/h6-9,14,24H,2-5H2,1H3,(H2,18,20,21)(H2,22,26,27)/t7-,8-,9+,14+/m0/s1. The van der Waals surface area contributed by atoms with E-state index in [1.54, 1.807) is 29.5 Å². The first-order chi connectivity index (χ1) is 14.6. The lowest BCUT2D eigenvalue weighted by Gasteiger charge is -2.20. The van der Waals surface area contributed by atoms with Crippen LogP contribution in [0.4, 0.5) is 10.2 Å². The molecule has 3 rings (SSSR count). The first kappa shape index (κ1) is 24.2. The summed E-state index contributed by atoms with van der Waals surface area (Å²) in [5, 5.41) is 12.7. The fourth-order valence-corrected chi connectivity index (χ4v) is 5.00. The Bertz CT molecular complexity index is 996. The second-order valence-corrected chi connectivity index (χ2v) is 9.66. The quantitative estimate of drug-likeness (QED) is 0.0819. The van der Waals surface area contributed by atoms with Crippen LogP contribution in [-0.2, 0) is 23.4 Å². The highest BCUT2D eigenvalue weighted by atomic mass is 127. The van der Waals surface area contributed by atoms with E-state index in [1.807, 2.05) is 0 Å². The molecule has 5 atom stereocenters. The van der Waals surface area contributed by atoms with Crippen LogP contribution in [0.2, 0.25) is 0 Å². The van der Waals surface area contributed by atoms with Crippen LogP contribution in [0.15, 0.2) is 6.33 Å². The normalized spacial score (nSPS) is 24.2. The van der Waals surface area contributed by atoms with Gasteiger partial charge in [-0.15, -0.1) is 0 Å². The highest BCUT2D eigenvalue weighted by Crippen LogP contribution is 2.40. The number of ether oxygens (including phenoxy) is 2. The summed E-state index contributed by atoms with van der Waals surface area (Å²) >= 11 is 1.80. The number of carbonyl (C=O) groups is 1. The van der Waals surface area contributed by atoms with Crippen molar-refractivity contribution in [1.29, 1.82) is 0 Å². The predicted molar refractivity (Wildman–Crippen MR) is 112 cm³/mol. The molecule has 0 bridgehead atoms. The third-order valence-corrected chi connectivity index (χ3v) is 6.58. The Hall–Kier alpha value is -1.49. The monoisotopic (exact) mass is 574 g/mol. The minimum atomic E-state index is -4.24. The highest BCUT2D eigenvalue weighted by molar-refractivity contribution is 14.1. The summed E-state index contributed by atoms with van der Waals surface area (Å²) in [6.45, 7) is 1.20. The molecule has 0 saturated carbocycles.